The van der Waals surface area contributed by atoms with Gasteiger partial charge >= 0.3 is 5.69 Å². The minimum atomic E-state index is -0.527. The molecule has 0 fully saturated rings. The second-order valence-electron chi connectivity index (χ2n) is 4.65. The second kappa shape index (κ2) is 6.99. The summed E-state index contributed by atoms with van der Waals surface area (Å²) in [5, 5.41) is 26.2. The van der Waals surface area contributed by atoms with Gasteiger partial charge in [0.1, 0.15) is 6.20 Å². The molecule has 0 aliphatic carbocycles. The minimum Gasteiger partial charge on any atom is -0.396 e. The van der Waals surface area contributed by atoms with Crippen LogP contribution in [0.1, 0.15) is 26.7 Å². The van der Waals surface area contributed by atoms with Crippen LogP contribution in [0.15, 0.2) is 6.20 Å². The number of aromatic nitrogens is 2. The molecule has 0 aliphatic rings. The van der Waals surface area contributed by atoms with Gasteiger partial charge in [0.25, 0.3) is 0 Å². The minimum absolute atomic E-state index is 0.0186. The monoisotopic (exact) mass is 283 g/mol. The lowest BCUT2D eigenvalue weighted by atomic mass is 9.83. The quantitative estimate of drug-likeness (QED) is 0.491. The molecule has 3 N–H and O–H groups in total. The van der Waals surface area contributed by atoms with Crippen molar-refractivity contribution in [1.82, 2.24) is 9.97 Å². The van der Waals surface area contributed by atoms with Crippen molar-refractivity contribution in [3.63, 3.8) is 0 Å². The average molecular weight is 283 g/mol. The first-order chi connectivity index (χ1) is 9.51. The van der Waals surface area contributed by atoms with E-state index in [1.165, 1.54) is 6.20 Å². The molecule has 0 saturated carbocycles. The highest BCUT2D eigenvalue weighted by Gasteiger charge is 2.27. The summed E-state index contributed by atoms with van der Waals surface area (Å²) in [4.78, 5) is 18.3. The van der Waals surface area contributed by atoms with E-state index in [1.807, 2.05) is 13.8 Å². The lowest BCUT2D eigenvalue weighted by Crippen LogP contribution is -2.32. The van der Waals surface area contributed by atoms with Crippen molar-refractivity contribution in [2.45, 2.75) is 26.7 Å². The maximum absolute atomic E-state index is 11.0. The molecule has 0 aliphatic heterocycles. The van der Waals surface area contributed by atoms with Gasteiger partial charge in [-0.25, -0.2) is 4.98 Å². The molecule has 8 heteroatoms. The molecule has 1 heterocycles. The molecule has 0 bridgehead atoms. The summed E-state index contributed by atoms with van der Waals surface area (Å²) in [5.74, 6) is 0.467. The Kier molecular flexibility index (Phi) is 5.63. The third-order valence-electron chi connectivity index (χ3n) is 3.66. The Hall–Kier alpha value is -1.96. The Morgan fingerprint density at radius 3 is 2.55 bits per heavy atom. The summed E-state index contributed by atoms with van der Waals surface area (Å²) in [5.41, 5.74) is -0.485. The smallest absolute Gasteiger partial charge is 0.329 e. The Balaban J connectivity index is 2.98. The van der Waals surface area contributed by atoms with E-state index in [0.29, 0.717) is 12.5 Å². The van der Waals surface area contributed by atoms with Gasteiger partial charge in [0.15, 0.2) is 0 Å². The fraction of sp³-hybridized carbons (Fsp3) is 0.667. The van der Waals surface area contributed by atoms with Crippen LogP contribution in [-0.2, 0) is 0 Å². The number of hydrogen-bond acceptors (Lipinski definition) is 7. The van der Waals surface area contributed by atoms with Crippen molar-refractivity contribution < 1.29 is 10.0 Å². The first-order valence-corrected chi connectivity index (χ1v) is 6.55. The van der Waals surface area contributed by atoms with Gasteiger partial charge in [0.2, 0.25) is 11.8 Å². The van der Waals surface area contributed by atoms with E-state index >= 15 is 0 Å². The second-order valence-corrected chi connectivity index (χ2v) is 4.65. The Morgan fingerprint density at radius 2 is 2.10 bits per heavy atom. The Morgan fingerprint density at radius 1 is 1.45 bits per heavy atom. The highest BCUT2D eigenvalue weighted by Crippen LogP contribution is 2.28. The van der Waals surface area contributed by atoms with E-state index in [0.717, 1.165) is 12.8 Å². The fourth-order valence-electron chi connectivity index (χ4n) is 1.81. The number of nitro groups is 1. The maximum Gasteiger partial charge on any atom is 0.329 e. The topological polar surface area (TPSA) is 113 Å². The van der Waals surface area contributed by atoms with Crippen LogP contribution in [0.25, 0.3) is 0 Å². The van der Waals surface area contributed by atoms with Gasteiger partial charge in [0, 0.05) is 19.0 Å². The van der Waals surface area contributed by atoms with Gasteiger partial charge in [-0.05, 0) is 12.8 Å². The van der Waals surface area contributed by atoms with Gasteiger partial charge < -0.3 is 15.7 Å². The molecule has 1 rings (SSSR count). The lowest BCUT2D eigenvalue weighted by Gasteiger charge is -2.29. The van der Waals surface area contributed by atoms with E-state index in [2.05, 4.69) is 20.6 Å². The van der Waals surface area contributed by atoms with Crippen molar-refractivity contribution in [3.05, 3.63) is 16.3 Å². The maximum atomic E-state index is 11.0. The molecule has 1 aromatic rings. The zero-order chi connectivity index (χ0) is 15.2. The molecule has 0 spiro atoms. The molecule has 0 aromatic carbocycles. The number of nitrogens with one attached hydrogen (secondary N) is 2. The van der Waals surface area contributed by atoms with Gasteiger partial charge in [-0.15, -0.1) is 0 Å². The summed E-state index contributed by atoms with van der Waals surface area (Å²) >= 11 is 0. The summed E-state index contributed by atoms with van der Waals surface area (Å²) in [6, 6.07) is 0. The van der Waals surface area contributed by atoms with Gasteiger partial charge in [-0.2, -0.15) is 4.98 Å². The predicted molar refractivity (Wildman–Crippen MR) is 76.8 cm³/mol. The van der Waals surface area contributed by atoms with E-state index in [4.69, 9.17) is 0 Å². The Labute approximate surface area is 117 Å². The van der Waals surface area contributed by atoms with Crippen molar-refractivity contribution in [3.8, 4) is 0 Å². The SMILES string of the molecule is CCC(CC)(CO)CNc1nc(NC)ncc1[N+](=O)[O-]. The van der Waals surface area contributed by atoms with Gasteiger partial charge in [0.05, 0.1) is 11.5 Å². The van der Waals surface area contributed by atoms with Crippen LogP contribution in [0.4, 0.5) is 17.5 Å². The van der Waals surface area contributed by atoms with Crippen molar-refractivity contribution >= 4 is 17.5 Å². The third-order valence-corrected chi connectivity index (χ3v) is 3.66. The highest BCUT2D eigenvalue weighted by atomic mass is 16.6. The van der Waals surface area contributed by atoms with Crippen LogP contribution in [0.2, 0.25) is 0 Å². The van der Waals surface area contributed by atoms with Gasteiger partial charge in [-0.3, -0.25) is 10.1 Å². The van der Waals surface area contributed by atoms with Crippen LogP contribution >= 0.6 is 0 Å². The molecular formula is C12H21N5O3. The van der Waals surface area contributed by atoms with Crippen LogP contribution in [0, 0.1) is 15.5 Å². The predicted octanol–water partition coefficient (Wildman–Crippen LogP) is 1.64. The van der Waals surface area contributed by atoms with E-state index in [-0.39, 0.29) is 23.5 Å². The summed E-state index contributed by atoms with van der Waals surface area (Å²) in [6.45, 7) is 4.39. The largest absolute Gasteiger partial charge is 0.396 e. The zero-order valence-electron chi connectivity index (χ0n) is 12.0. The molecule has 20 heavy (non-hydrogen) atoms. The summed E-state index contributed by atoms with van der Waals surface area (Å²) in [7, 11) is 1.64. The van der Waals surface area contributed by atoms with Crippen LogP contribution in [0.3, 0.4) is 0 Å². The number of nitrogens with zero attached hydrogens (tertiary/aromatic N) is 3. The van der Waals surface area contributed by atoms with E-state index in [9.17, 15) is 15.2 Å². The normalized spacial score (nSPS) is 11.2. The van der Waals surface area contributed by atoms with Crippen molar-refractivity contribution in [1.29, 1.82) is 0 Å². The first kappa shape index (κ1) is 16.1. The zero-order valence-corrected chi connectivity index (χ0v) is 12.0. The molecule has 0 saturated heterocycles. The average Bonchev–Trinajstić information content (AvgIpc) is 2.48. The lowest BCUT2D eigenvalue weighted by molar-refractivity contribution is -0.384. The standard InChI is InChI=1S/C12H21N5O3/c1-4-12(5-2,8-18)7-15-10-9(17(19)20)6-14-11(13-3)16-10/h6,18H,4-5,7-8H2,1-3H3,(H2,13,14,15,16). The molecule has 1 aromatic heterocycles. The van der Waals surface area contributed by atoms with Crippen molar-refractivity contribution in [2.24, 2.45) is 5.41 Å². The number of aliphatic hydroxyl groups is 1. The third kappa shape index (κ3) is 3.53. The summed E-state index contributed by atoms with van der Waals surface area (Å²) < 4.78 is 0. The van der Waals surface area contributed by atoms with Crippen molar-refractivity contribution in [2.75, 3.05) is 30.8 Å². The molecule has 0 radical (unpaired) electrons. The van der Waals surface area contributed by atoms with E-state index < -0.39 is 4.92 Å². The van der Waals surface area contributed by atoms with Gasteiger partial charge in [-0.1, -0.05) is 13.8 Å². The molecule has 112 valence electrons. The summed E-state index contributed by atoms with van der Waals surface area (Å²) in [6.07, 6.45) is 2.70. The Bertz CT molecular complexity index is 454. The van der Waals surface area contributed by atoms with Crippen LogP contribution in [-0.4, -0.2) is 40.2 Å². The number of anilines is 2. The highest BCUT2D eigenvalue weighted by molar-refractivity contribution is 5.56. The van der Waals surface area contributed by atoms with Crippen LogP contribution < -0.4 is 10.6 Å². The molecule has 0 unspecified atom stereocenters. The first-order valence-electron chi connectivity index (χ1n) is 6.55. The van der Waals surface area contributed by atoms with Crippen LogP contribution in [0.5, 0.6) is 0 Å². The molecular weight excluding hydrogens is 262 g/mol. The number of aliphatic hydroxyl groups excluding tert-OH is 1. The van der Waals surface area contributed by atoms with E-state index in [1.54, 1.807) is 7.05 Å². The fourth-order valence-corrected chi connectivity index (χ4v) is 1.81. The molecule has 0 amide bonds. The molecule has 8 nitrogen and oxygen atoms in total. The number of rotatable bonds is 8. The molecule has 0 atom stereocenters. The number of hydrogen-bond donors (Lipinski definition) is 3.